The zero-order valence-electron chi connectivity index (χ0n) is 8.60. The second-order valence-electron chi connectivity index (χ2n) is 3.54. The molecular formula is C7H14BF4NO. The highest BCUT2D eigenvalue weighted by Gasteiger charge is 2.20. The molecule has 0 fully saturated rings. The topological polar surface area (TPSA) is 17.1 Å². The summed E-state index contributed by atoms with van der Waals surface area (Å²) in [6.07, 6.45) is 3.43. The summed E-state index contributed by atoms with van der Waals surface area (Å²) in [6.45, 7) is 1.55. The van der Waals surface area contributed by atoms with E-state index in [2.05, 4.69) is 0 Å². The van der Waals surface area contributed by atoms with E-state index in [0.717, 1.165) is 0 Å². The van der Waals surface area contributed by atoms with Gasteiger partial charge in [-0.3, -0.25) is 4.79 Å². The van der Waals surface area contributed by atoms with Crippen LogP contribution in [-0.2, 0) is 4.79 Å². The van der Waals surface area contributed by atoms with E-state index in [4.69, 9.17) is 0 Å². The van der Waals surface area contributed by atoms with Gasteiger partial charge in [0.05, 0.1) is 27.3 Å². The molecule has 0 saturated heterocycles. The maximum Gasteiger partial charge on any atom is 0.673 e. The van der Waals surface area contributed by atoms with E-state index in [1.807, 2.05) is 27.3 Å². The van der Waals surface area contributed by atoms with E-state index in [9.17, 15) is 22.1 Å². The summed E-state index contributed by atoms with van der Waals surface area (Å²) in [4.78, 5) is 10.4. The van der Waals surface area contributed by atoms with Crippen molar-refractivity contribution >= 4 is 13.0 Å². The van der Waals surface area contributed by atoms with Gasteiger partial charge in [0.2, 0.25) is 0 Å². The number of hydrogen-bond donors (Lipinski definition) is 0. The summed E-state index contributed by atoms with van der Waals surface area (Å²) in [5.41, 5.74) is 0. The monoisotopic (exact) mass is 215 g/mol. The molecule has 0 rings (SSSR count). The minimum absolute atomic E-state index is 0.100. The molecule has 0 heterocycles. The summed E-state index contributed by atoms with van der Waals surface area (Å²) < 4.78 is 39.7. The average molecular weight is 215 g/mol. The minimum Gasteiger partial charge on any atom is -0.418 e. The number of nitrogens with zero attached hydrogens (tertiary/aromatic N) is 1. The van der Waals surface area contributed by atoms with Crippen LogP contribution in [0.25, 0.3) is 0 Å². The number of rotatable bonds is 2. The summed E-state index contributed by atoms with van der Waals surface area (Å²) in [6, 6.07) is 0. The van der Waals surface area contributed by atoms with Gasteiger partial charge in [-0.25, -0.2) is 0 Å². The van der Waals surface area contributed by atoms with Gasteiger partial charge in [-0.15, -0.1) is 0 Å². The second-order valence-corrected chi connectivity index (χ2v) is 3.54. The first-order chi connectivity index (χ1) is 5.92. The SMILES string of the molecule is CC(=O)/C=C/[N+](C)(C)C.F[B-](F)(F)F. The Bertz CT molecular complexity index is 201. The molecule has 84 valence electrons. The first-order valence-electron chi connectivity index (χ1n) is 3.80. The summed E-state index contributed by atoms with van der Waals surface area (Å²) >= 11 is 0. The Morgan fingerprint density at radius 2 is 1.43 bits per heavy atom. The van der Waals surface area contributed by atoms with E-state index in [1.54, 1.807) is 13.0 Å². The van der Waals surface area contributed by atoms with Gasteiger partial charge in [0, 0.05) is 6.08 Å². The largest absolute Gasteiger partial charge is 0.673 e. The predicted molar refractivity (Wildman–Crippen MR) is 48.0 cm³/mol. The molecule has 0 aliphatic rings. The van der Waals surface area contributed by atoms with E-state index >= 15 is 0 Å². The third-order valence-corrected chi connectivity index (χ3v) is 0.756. The van der Waals surface area contributed by atoms with Crippen LogP contribution in [0.5, 0.6) is 0 Å². The van der Waals surface area contributed by atoms with Crippen LogP contribution in [0.15, 0.2) is 12.3 Å². The molecule has 0 bridgehead atoms. The average Bonchev–Trinajstić information content (AvgIpc) is 1.77. The molecule has 0 atom stereocenters. The van der Waals surface area contributed by atoms with Gasteiger partial charge in [-0.1, -0.05) is 0 Å². The van der Waals surface area contributed by atoms with Crippen LogP contribution in [0.1, 0.15) is 6.92 Å². The number of halogens is 4. The zero-order valence-corrected chi connectivity index (χ0v) is 8.60. The number of quaternary nitrogens is 1. The fraction of sp³-hybridized carbons (Fsp3) is 0.571. The molecule has 0 aromatic carbocycles. The molecule has 0 aliphatic carbocycles. The molecule has 0 unspecified atom stereocenters. The van der Waals surface area contributed by atoms with Gasteiger partial charge in [0.15, 0.2) is 5.78 Å². The zero-order chi connectivity index (χ0) is 12.0. The van der Waals surface area contributed by atoms with Crippen molar-refractivity contribution in [3.8, 4) is 0 Å². The van der Waals surface area contributed by atoms with Gasteiger partial charge in [0.25, 0.3) is 0 Å². The van der Waals surface area contributed by atoms with Crippen molar-refractivity contribution in [2.75, 3.05) is 21.1 Å². The van der Waals surface area contributed by atoms with Crippen molar-refractivity contribution in [3.63, 3.8) is 0 Å². The highest BCUT2D eigenvalue weighted by molar-refractivity contribution is 6.50. The molecule has 0 spiro atoms. The second kappa shape index (κ2) is 5.80. The fourth-order valence-corrected chi connectivity index (χ4v) is 0.329. The Balaban J connectivity index is 0. The van der Waals surface area contributed by atoms with Gasteiger partial charge in [-0.05, 0) is 6.92 Å². The molecule has 0 radical (unpaired) electrons. The molecule has 0 N–H and O–H groups in total. The minimum atomic E-state index is -6.00. The van der Waals surface area contributed by atoms with Crippen LogP contribution in [0.2, 0.25) is 0 Å². The number of hydrogen-bond acceptors (Lipinski definition) is 1. The van der Waals surface area contributed by atoms with E-state index in [0.29, 0.717) is 4.48 Å². The molecule has 14 heavy (non-hydrogen) atoms. The summed E-state index contributed by atoms with van der Waals surface area (Å²) in [5.74, 6) is 0.100. The molecule has 0 aromatic rings. The Hall–Kier alpha value is -0.845. The highest BCUT2D eigenvalue weighted by atomic mass is 19.5. The molecule has 7 heteroatoms. The standard InChI is InChI=1S/C7H14NO.BF4/c1-7(9)5-6-8(2,3)4;2-1(3,4)5/h5-6H,1-4H3;/q+1;-1/b6-5+;. The van der Waals surface area contributed by atoms with Crippen molar-refractivity contribution in [2.45, 2.75) is 6.92 Å². The van der Waals surface area contributed by atoms with Crippen molar-refractivity contribution in [1.82, 2.24) is 0 Å². The highest BCUT2D eigenvalue weighted by Crippen LogP contribution is 2.06. The third-order valence-electron chi connectivity index (χ3n) is 0.756. The molecule has 0 saturated carbocycles. The van der Waals surface area contributed by atoms with Crippen molar-refractivity contribution in [2.24, 2.45) is 0 Å². The first kappa shape index (κ1) is 15.6. The van der Waals surface area contributed by atoms with Crippen LogP contribution in [-0.4, -0.2) is 38.7 Å². The van der Waals surface area contributed by atoms with Crippen LogP contribution in [0.4, 0.5) is 17.3 Å². The molecular weight excluding hydrogens is 201 g/mol. The van der Waals surface area contributed by atoms with Gasteiger partial charge < -0.3 is 21.7 Å². The van der Waals surface area contributed by atoms with Crippen molar-refractivity contribution < 1.29 is 26.5 Å². The quantitative estimate of drug-likeness (QED) is 0.298. The lowest BCUT2D eigenvalue weighted by Gasteiger charge is -2.16. The van der Waals surface area contributed by atoms with Gasteiger partial charge in [0.1, 0.15) is 0 Å². The van der Waals surface area contributed by atoms with Crippen LogP contribution in [0, 0.1) is 0 Å². The van der Waals surface area contributed by atoms with Gasteiger partial charge >= 0.3 is 7.25 Å². The number of allylic oxidation sites excluding steroid dienone is 1. The predicted octanol–water partition coefficient (Wildman–Crippen LogP) is 2.10. The summed E-state index contributed by atoms with van der Waals surface area (Å²) in [5, 5.41) is 0. The maximum absolute atomic E-state index is 10.4. The van der Waals surface area contributed by atoms with Crippen molar-refractivity contribution in [1.29, 1.82) is 0 Å². The van der Waals surface area contributed by atoms with Crippen molar-refractivity contribution in [3.05, 3.63) is 12.3 Å². The van der Waals surface area contributed by atoms with E-state index < -0.39 is 7.25 Å². The fourth-order valence-electron chi connectivity index (χ4n) is 0.329. The lowest BCUT2D eigenvalue weighted by Crippen LogP contribution is -2.26. The number of ketones is 1. The Morgan fingerprint density at radius 1 is 1.14 bits per heavy atom. The first-order valence-corrected chi connectivity index (χ1v) is 3.80. The summed E-state index contributed by atoms with van der Waals surface area (Å²) in [7, 11) is -0.00167. The number of carbonyl (C=O) groups is 1. The molecule has 2 nitrogen and oxygen atoms in total. The van der Waals surface area contributed by atoms with Crippen LogP contribution >= 0.6 is 0 Å². The lowest BCUT2D eigenvalue weighted by atomic mass is 10.3. The Labute approximate surface area is 80.9 Å². The van der Waals surface area contributed by atoms with E-state index in [1.165, 1.54) is 0 Å². The van der Waals surface area contributed by atoms with Crippen LogP contribution in [0.3, 0.4) is 0 Å². The molecule has 0 aromatic heterocycles. The number of carbonyl (C=O) groups excluding carboxylic acids is 1. The normalized spacial score (nSPS) is 12.3. The van der Waals surface area contributed by atoms with E-state index in [-0.39, 0.29) is 5.78 Å². The van der Waals surface area contributed by atoms with Crippen LogP contribution < -0.4 is 0 Å². The third kappa shape index (κ3) is 43.3. The molecule has 0 aliphatic heterocycles. The smallest absolute Gasteiger partial charge is 0.418 e. The lowest BCUT2D eigenvalue weighted by molar-refractivity contribution is -0.817. The Kier molecular flexibility index (Phi) is 6.47. The Morgan fingerprint density at radius 3 is 1.50 bits per heavy atom. The molecule has 0 amide bonds. The van der Waals surface area contributed by atoms with Gasteiger partial charge in [-0.2, -0.15) is 0 Å². The maximum atomic E-state index is 10.4.